The van der Waals surface area contributed by atoms with Crippen molar-refractivity contribution in [3.63, 3.8) is 0 Å². The fourth-order valence-electron chi connectivity index (χ4n) is 1.66. The third-order valence-corrected chi connectivity index (χ3v) is 2.69. The Morgan fingerprint density at radius 2 is 2.21 bits per heavy atom. The first-order chi connectivity index (χ1) is 9.29. The minimum atomic E-state index is -0.0795. The summed E-state index contributed by atoms with van der Waals surface area (Å²) < 4.78 is 4.96. The second kappa shape index (κ2) is 9.33. The van der Waals surface area contributed by atoms with Crippen LogP contribution in [0.25, 0.3) is 0 Å². The van der Waals surface area contributed by atoms with Crippen LogP contribution in [0.5, 0.6) is 0 Å². The number of hydrogen-bond donors (Lipinski definition) is 2. The number of nitrogens with zero attached hydrogens (tertiary/aromatic N) is 1. The van der Waals surface area contributed by atoms with Crippen LogP contribution in [0, 0.1) is 0 Å². The Morgan fingerprint density at radius 3 is 2.95 bits per heavy atom. The molecule has 5 nitrogen and oxygen atoms in total. The largest absolute Gasteiger partial charge is 0.385 e. The van der Waals surface area contributed by atoms with E-state index in [1.54, 1.807) is 19.5 Å². The number of carbonyl (C=O) groups is 1. The summed E-state index contributed by atoms with van der Waals surface area (Å²) in [5.41, 5.74) is 1.44. The first-order valence-electron chi connectivity index (χ1n) is 6.74. The zero-order valence-electron chi connectivity index (χ0n) is 11.7. The SMILES string of the molecule is CCCNc1ccncc1C(=O)NCCCCOC. The van der Waals surface area contributed by atoms with E-state index >= 15 is 0 Å². The van der Waals surface area contributed by atoms with Crippen molar-refractivity contribution in [3.8, 4) is 0 Å². The van der Waals surface area contributed by atoms with Gasteiger partial charge in [0.15, 0.2) is 0 Å². The van der Waals surface area contributed by atoms with Crippen LogP contribution in [0.2, 0.25) is 0 Å². The Hall–Kier alpha value is -1.62. The van der Waals surface area contributed by atoms with Crippen LogP contribution in [0.3, 0.4) is 0 Å². The summed E-state index contributed by atoms with van der Waals surface area (Å²) in [5.74, 6) is -0.0795. The molecular weight excluding hydrogens is 242 g/mol. The van der Waals surface area contributed by atoms with Crippen molar-refractivity contribution in [1.29, 1.82) is 0 Å². The number of anilines is 1. The lowest BCUT2D eigenvalue weighted by Gasteiger charge is -2.11. The molecule has 0 saturated heterocycles. The van der Waals surface area contributed by atoms with Crippen molar-refractivity contribution in [3.05, 3.63) is 24.0 Å². The number of rotatable bonds is 9. The molecule has 19 heavy (non-hydrogen) atoms. The fraction of sp³-hybridized carbons (Fsp3) is 0.571. The van der Waals surface area contributed by atoms with Crippen molar-refractivity contribution in [2.24, 2.45) is 0 Å². The zero-order chi connectivity index (χ0) is 13.9. The molecular formula is C14H23N3O2. The molecule has 0 aliphatic rings. The van der Waals surface area contributed by atoms with Gasteiger partial charge in [0.05, 0.1) is 11.3 Å². The summed E-state index contributed by atoms with van der Waals surface area (Å²) in [5, 5.41) is 6.13. The number of ether oxygens (including phenoxy) is 1. The molecule has 0 bridgehead atoms. The van der Waals surface area contributed by atoms with E-state index in [1.807, 2.05) is 6.07 Å². The predicted octanol–water partition coefficient (Wildman–Crippen LogP) is 2.06. The molecule has 106 valence electrons. The standard InChI is InChI=1S/C14H23N3O2/c1-3-7-16-13-6-9-15-11-12(13)14(18)17-8-4-5-10-19-2/h6,9,11H,3-5,7-8,10H2,1-2H3,(H,15,16)(H,17,18). The third kappa shape index (κ3) is 5.70. The first-order valence-corrected chi connectivity index (χ1v) is 6.74. The molecule has 1 heterocycles. The average molecular weight is 265 g/mol. The molecule has 0 unspecified atom stereocenters. The number of aromatic nitrogens is 1. The monoisotopic (exact) mass is 265 g/mol. The van der Waals surface area contributed by atoms with Crippen LogP contribution in [0.4, 0.5) is 5.69 Å². The second-order valence-corrected chi connectivity index (χ2v) is 4.30. The molecule has 2 N–H and O–H groups in total. The van der Waals surface area contributed by atoms with Crippen molar-refractivity contribution < 1.29 is 9.53 Å². The molecule has 0 atom stereocenters. The van der Waals surface area contributed by atoms with Gasteiger partial charge >= 0.3 is 0 Å². The highest BCUT2D eigenvalue weighted by molar-refractivity contribution is 5.99. The lowest BCUT2D eigenvalue weighted by atomic mass is 10.2. The van der Waals surface area contributed by atoms with Crippen LogP contribution in [0.15, 0.2) is 18.5 Å². The normalized spacial score (nSPS) is 10.2. The van der Waals surface area contributed by atoms with E-state index in [2.05, 4.69) is 22.5 Å². The molecule has 0 spiro atoms. The van der Waals surface area contributed by atoms with Crippen LogP contribution in [0.1, 0.15) is 36.5 Å². The minimum Gasteiger partial charge on any atom is -0.385 e. The summed E-state index contributed by atoms with van der Waals surface area (Å²) in [6.45, 7) is 4.32. The highest BCUT2D eigenvalue weighted by atomic mass is 16.5. The quantitative estimate of drug-likeness (QED) is 0.671. The van der Waals surface area contributed by atoms with Crippen LogP contribution in [-0.2, 0) is 4.74 Å². The van der Waals surface area contributed by atoms with Crippen LogP contribution >= 0.6 is 0 Å². The van der Waals surface area contributed by atoms with E-state index in [0.717, 1.165) is 38.1 Å². The Labute approximate surface area is 114 Å². The van der Waals surface area contributed by atoms with E-state index < -0.39 is 0 Å². The number of amides is 1. The van der Waals surface area contributed by atoms with E-state index in [-0.39, 0.29) is 5.91 Å². The van der Waals surface area contributed by atoms with Gasteiger partial charge < -0.3 is 15.4 Å². The van der Waals surface area contributed by atoms with Gasteiger partial charge in [-0.1, -0.05) is 6.92 Å². The average Bonchev–Trinajstić information content (AvgIpc) is 2.45. The summed E-state index contributed by atoms with van der Waals surface area (Å²) in [6.07, 6.45) is 6.17. The van der Waals surface area contributed by atoms with Crippen molar-refractivity contribution >= 4 is 11.6 Å². The Balaban J connectivity index is 2.46. The summed E-state index contributed by atoms with van der Waals surface area (Å²) in [4.78, 5) is 16.1. The topological polar surface area (TPSA) is 63.2 Å². The molecule has 0 radical (unpaired) electrons. The maximum Gasteiger partial charge on any atom is 0.254 e. The Morgan fingerprint density at radius 1 is 1.37 bits per heavy atom. The number of hydrogen-bond acceptors (Lipinski definition) is 4. The Bertz CT molecular complexity index is 383. The molecule has 0 fully saturated rings. The van der Waals surface area contributed by atoms with Crippen molar-refractivity contribution in [2.75, 3.05) is 32.1 Å². The van der Waals surface area contributed by atoms with Gasteiger partial charge in [-0.25, -0.2) is 0 Å². The number of pyridine rings is 1. The molecule has 1 aromatic heterocycles. The molecule has 1 rings (SSSR count). The smallest absolute Gasteiger partial charge is 0.254 e. The van der Waals surface area contributed by atoms with E-state index in [4.69, 9.17) is 4.74 Å². The highest BCUT2D eigenvalue weighted by Gasteiger charge is 2.10. The van der Waals surface area contributed by atoms with Gasteiger partial charge in [-0.15, -0.1) is 0 Å². The highest BCUT2D eigenvalue weighted by Crippen LogP contribution is 2.13. The van der Waals surface area contributed by atoms with E-state index in [1.165, 1.54) is 0 Å². The second-order valence-electron chi connectivity index (χ2n) is 4.30. The molecule has 1 aromatic rings. The third-order valence-electron chi connectivity index (χ3n) is 2.69. The maximum absolute atomic E-state index is 12.0. The van der Waals surface area contributed by atoms with Gasteiger partial charge in [0.2, 0.25) is 0 Å². The van der Waals surface area contributed by atoms with Crippen LogP contribution < -0.4 is 10.6 Å². The fourth-order valence-corrected chi connectivity index (χ4v) is 1.66. The molecule has 0 aliphatic heterocycles. The lowest BCUT2D eigenvalue weighted by molar-refractivity contribution is 0.0952. The van der Waals surface area contributed by atoms with Gasteiger partial charge in [-0.3, -0.25) is 9.78 Å². The lowest BCUT2D eigenvalue weighted by Crippen LogP contribution is -2.25. The number of unbranched alkanes of at least 4 members (excludes halogenated alkanes) is 1. The summed E-state index contributed by atoms with van der Waals surface area (Å²) >= 11 is 0. The Kier molecular flexibility index (Phi) is 7.58. The minimum absolute atomic E-state index is 0.0795. The first kappa shape index (κ1) is 15.4. The van der Waals surface area contributed by atoms with Gasteiger partial charge in [0.25, 0.3) is 5.91 Å². The molecule has 5 heteroatoms. The maximum atomic E-state index is 12.0. The summed E-state index contributed by atoms with van der Waals surface area (Å²) in [6, 6.07) is 1.83. The van der Waals surface area contributed by atoms with Gasteiger partial charge in [0, 0.05) is 39.2 Å². The summed E-state index contributed by atoms with van der Waals surface area (Å²) in [7, 11) is 1.68. The van der Waals surface area contributed by atoms with E-state index in [0.29, 0.717) is 12.1 Å². The molecule has 0 aliphatic carbocycles. The van der Waals surface area contributed by atoms with Gasteiger partial charge in [-0.2, -0.15) is 0 Å². The van der Waals surface area contributed by atoms with Crippen LogP contribution in [-0.4, -0.2) is 37.7 Å². The zero-order valence-corrected chi connectivity index (χ0v) is 11.7. The number of carbonyl (C=O) groups excluding carboxylic acids is 1. The van der Waals surface area contributed by atoms with Gasteiger partial charge in [-0.05, 0) is 25.3 Å². The van der Waals surface area contributed by atoms with Crippen molar-refractivity contribution in [1.82, 2.24) is 10.3 Å². The van der Waals surface area contributed by atoms with Crippen molar-refractivity contribution in [2.45, 2.75) is 26.2 Å². The number of nitrogens with one attached hydrogen (secondary N) is 2. The van der Waals surface area contributed by atoms with E-state index in [9.17, 15) is 4.79 Å². The molecule has 0 aromatic carbocycles. The molecule has 1 amide bonds. The number of methoxy groups -OCH3 is 1. The molecule has 0 saturated carbocycles. The van der Waals surface area contributed by atoms with Gasteiger partial charge in [0.1, 0.15) is 0 Å². The predicted molar refractivity (Wildman–Crippen MR) is 76.5 cm³/mol.